The zero-order chi connectivity index (χ0) is 48.9. The Hall–Kier alpha value is -8.40. The molecule has 0 saturated carbocycles. The summed E-state index contributed by atoms with van der Waals surface area (Å²) in [5, 5.41) is 0. The molecule has 0 aromatic heterocycles. The zero-order valence-electron chi connectivity index (χ0n) is 41.9. The molecule has 72 heavy (non-hydrogen) atoms. The second-order valence-corrected chi connectivity index (χ2v) is 21.4. The Balaban J connectivity index is 0.987. The van der Waals surface area contributed by atoms with Gasteiger partial charge >= 0.3 is 0 Å². The summed E-state index contributed by atoms with van der Waals surface area (Å²) in [5.41, 5.74) is 25.2. The molecule has 3 aliphatic rings. The van der Waals surface area contributed by atoms with E-state index in [0.29, 0.717) is 0 Å². The van der Waals surface area contributed by atoms with Crippen LogP contribution in [-0.2, 0) is 16.2 Å². The van der Waals surface area contributed by atoms with Crippen molar-refractivity contribution in [2.45, 2.75) is 57.8 Å². The molecule has 3 heteroatoms. The highest BCUT2D eigenvalue weighted by Gasteiger charge is 2.39. The largest absolute Gasteiger partial charge is 0.310 e. The van der Waals surface area contributed by atoms with Gasteiger partial charge in [0.25, 0.3) is 0 Å². The van der Waals surface area contributed by atoms with Gasteiger partial charge in [0.1, 0.15) is 0 Å². The van der Waals surface area contributed by atoms with Crippen molar-refractivity contribution in [3.05, 3.63) is 270 Å². The van der Waals surface area contributed by atoms with E-state index in [1.165, 1.54) is 67.5 Å². The highest BCUT2D eigenvalue weighted by atomic mass is 15.2. The quantitative estimate of drug-likeness (QED) is 0.165. The molecule has 0 radical (unpaired) electrons. The van der Waals surface area contributed by atoms with Crippen LogP contribution in [-0.4, -0.2) is 0 Å². The number of benzene rings is 10. The first-order valence-corrected chi connectivity index (χ1v) is 25.4. The Labute approximate surface area is 424 Å². The van der Waals surface area contributed by atoms with Crippen LogP contribution in [0.3, 0.4) is 0 Å². The fourth-order valence-electron chi connectivity index (χ4n) is 12.4. The van der Waals surface area contributed by atoms with E-state index in [0.717, 1.165) is 50.4 Å². The monoisotopic (exact) mass is 927 g/mol. The summed E-state index contributed by atoms with van der Waals surface area (Å²) in [6, 6.07) is 88.1. The van der Waals surface area contributed by atoms with Gasteiger partial charge in [-0.1, -0.05) is 187 Å². The molecule has 10 aromatic carbocycles. The smallest absolute Gasteiger partial charge is 0.0502 e. The number of fused-ring (bicyclic) bond motifs is 6. The predicted molar refractivity (Wildman–Crippen MR) is 303 cm³/mol. The molecule has 3 nitrogen and oxygen atoms in total. The van der Waals surface area contributed by atoms with Gasteiger partial charge < -0.3 is 14.7 Å². The Morgan fingerprint density at radius 3 is 0.639 bits per heavy atom. The van der Waals surface area contributed by atoms with Gasteiger partial charge in [-0.25, -0.2) is 0 Å². The first-order chi connectivity index (χ1) is 35.0. The van der Waals surface area contributed by atoms with Gasteiger partial charge in [-0.05, 0) is 158 Å². The van der Waals surface area contributed by atoms with Gasteiger partial charge in [-0.3, -0.25) is 0 Å². The number of hydrogen-bond donors (Lipinski definition) is 0. The van der Waals surface area contributed by atoms with E-state index in [9.17, 15) is 0 Å². The summed E-state index contributed by atoms with van der Waals surface area (Å²) in [6.45, 7) is 14.1. The maximum absolute atomic E-state index is 2.46. The van der Waals surface area contributed by atoms with Crippen molar-refractivity contribution in [3.63, 3.8) is 0 Å². The van der Waals surface area contributed by atoms with Crippen LogP contribution in [0.1, 0.15) is 74.9 Å². The lowest BCUT2D eigenvalue weighted by Gasteiger charge is -2.42. The van der Waals surface area contributed by atoms with Crippen molar-refractivity contribution in [3.8, 4) is 33.4 Å². The molecule has 0 fully saturated rings. The van der Waals surface area contributed by atoms with Gasteiger partial charge in [-0.15, -0.1) is 0 Å². The van der Waals surface area contributed by atoms with Gasteiger partial charge in [0.15, 0.2) is 0 Å². The van der Waals surface area contributed by atoms with Gasteiger partial charge in [0, 0.05) is 33.3 Å². The van der Waals surface area contributed by atoms with Crippen LogP contribution >= 0.6 is 0 Å². The molecule has 0 aliphatic carbocycles. The highest BCUT2D eigenvalue weighted by Crippen LogP contribution is 2.55. The molecule has 0 atom stereocenters. The summed E-state index contributed by atoms with van der Waals surface area (Å²) in [4.78, 5) is 7.38. The van der Waals surface area contributed by atoms with E-state index in [-0.39, 0.29) is 16.2 Å². The van der Waals surface area contributed by atoms with Crippen molar-refractivity contribution in [1.29, 1.82) is 0 Å². The minimum atomic E-state index is -0.142. The van der Waals surface area contributed by atoms with E-state index in [1.54, 1.807) is 0 Å². The SMILES string of the molecule is CC1(C)c2ccccc2N(c2cccc(-c3cc(-c4cccc(N5c6ccccc6C(C)(C)c6ccccc65)c4)cc(-c4cccc(N5c6ccccc6C(C)(C)c6ccccc65)c4)c3)c2)c2ccccc21. The maximum atomic E-state index is 2.46. The van der Waals surface area contributed by atoms with Crippen molar-refractivity contribution in [2.24, 2.45) is 0 Å². The van der Waals surface area contributed by atoms with Crippen LogP contribution in [0.25, 0.3) is 33.4 Å². The first kappa shape index (κ1) is 43.6. The van der Waals surface area contributed by atoms with Gasteiger partial charge in [-0.2, -0.15) is 0 Å². The number of para-hydroxylation sites is 6. The van der Waals surface area contributed by atoms with E-state index in [2.05, 4.69) is 293 Å². The lowest BCUT2D eigenvalue weighted by atomic mass is 9.73. The van der Waals surface area contributed by atoms with Crippen LogP contribution in [0.5, 0.6) is 0 Å². The number of nitrogens with zero attached hydrogens (tertiary/aromatic N) is 3. The second kappa shape index (κ2) is 16.3. The number of anilines is 9. The molecular weight excluding hydrogens is 871 g/mol. The third-order valence-electron chi connectivity index (χ3n) is 16.2. The van der Waals surface area contributed by atoms with Gasteiger partial charge in [0.2, 0.25) is 0 Å². The average molecular weight is 928 g/mol. The molecular formula is C69H57N3. The van der Waals surface area contributed by atoms with Gasteiger partial charge in [0.05, 0.1) is 34.1 Å². The Morgan fingerprint density at radius 1 is 0.208 bits per heavy atom. The molecule has 3 aliphatic heterocycles. The van der Waals surface area contributed by atoms with E-state index in [4.69, 9.17) is 0 Å². The standard InChI is InChI=1S/C69H57N3/c1-67(2)55-28-7-13-34-61(55)70(62-35-14-8-29-56(62)67)52-25-19-22-46(43-52)49-40-50(47-23-20-26-53(44-47)71-63-36-15-9-30-57(63)68(3,4)58-31-10-16-37-64(58)71)42-51(41-49)48-24-21-27-54(45-48)72-65-38-17-11-32-59(65)69(5,6)60-33-12-18-39-66(60)72/h7-45H,1-6H3. The summed E-state index contributed by atoms with van der Waals surface area (Å²) >= 11 is 0. The van der Waals surface area contributed by atoms with Crippen molar-refractivity contribution < 1.29 is 0 Å². The molecule has 0 spiro atoms. The number of rotatable bonds is 6. The van der Waals surface area contributed by atoms with Crippen LogP contribution in [0, 0.1) is 0 Å². The van der Waals surface area contributed by atoms with Crippen molar-refractivity contribution >= 4 is 51.2 Å². The second-order valence-electron chi connectivity index (χ2n) is 21.4. The minimum absolute atomic E-state index is 0.142. The summed E-state index contributed by atoms with van der Waals surface area (Å²) in [5.74, 6) is 0. The molecule has 0 saturated heterocycles. The van der Waals surface area contributed by atoms with Crippen LogP contribution in [0.4, 0.5) is 51.2 Å². The van der Waals surface area contributed by atoms with Crippen LogP contribution in [0.2, 0.25) is 0 Å². The highest BCUT2D eigenvalue weighted by molar-refractivity contribution is 5.92. The summed E-state index contributed by atoms with van der Waals surface area (Å²) in [6.07, 6.45) is 0. The minimum Gasteiger partial charge on any atom is -0.310 e. The lowest BCUT2D eigenvalue weighted by molar-refractivity contribution is 0.632. The molecule has 10 aromatic rings. The fourth-order valence-corrected chi connectivity index (χ4v) is 12.4. The summed E-state index contributed by atoms with van der Waals surface area (Å²) < 4.78 is 0. The van der Waals surface area contributed by atoms with E-state index >= 15 is 0 Å². The van der Waals surface area contributed by atoms with E-state index in [1.807, 2.05) is 0 Å². The third-order valence-corrected chi connectivity index (χ3v) is 16.2. The molecule has 348 valence electrons. The predicted octanol–water partition coefficient (Wildman–Crippen LogP) is 19.0. The third kappa shape index (κ3) is 6.71. The van der Waals surface area contributed by atoms with E-state index < -0.39 is 0 Å². The zero-order valence-corrected chi connectivity index (χ0v) is 41.9. The average Bonchev–Trinajstić information content (AvgIpc) is 3.41. The Bertz CT molecular complexity index is 3230. The summed E-state index contributed by atoms with van der Waals surface area (Å²) in [7, 11) is 0. The molecule has 0 amide bonds. The molecule has 0 unspecified atom stereocenters. The molecule has 3 heterocycles. The topological polar surface area (TPSA) is 9.72 Å². The molecule has 0 bridgehead atoms. The maximum Gasteiger partial charge on any atom is 0.0502 e. The van der Waals surface area contributed by atoms with Crippen LogP contribution < -0.4 is 14.7 Å². The van der Waals surface area contributed by atoms with Crippen molar-refractivity contribution in [1.82, 2.24) is 0 Å². The Morgan fingerprint density at radius 2 is 0.417 bits per heavy atom. The lowest BCUT2D eigenvalue weighted by Crippen LogP contribution is -2.30. The molecule has 0 N–H and O–H groups in total. The molecule has 13 rings (SSSR count). The van der Waals surface area contributed by atoms with Crippen LogP contribution in [0.15, 0.2) is 237 Å². The number of hydrogen-bond acceptors (Lipinski definition) is 3. The van der Waals surface area contributed by atoms with Crippen molar-refractivity contribution in [2.75, 3.05) is 14.7 Å². The first-order valence-electron chi connectivity index (χ1n) is 25.4. The fraction of sp³-hybridized carbons (Fsp3) is 0.130. The Kier molecular flexibility index (Phi) is 9.89. The normalized spacial score (nSPS) is 15.3.